The number of halogens is 1. The first-order valence-corrected chi connectivity index (χ1v) is 10.4. The summed E-state index contributed by atoms with van der Waals surface area (Å²) in [4.78, 5) is 4.15. The number of sulfonamides is 1. The van der Waals surface area contributed by atoms with E-state index >= 15 is 0 Å². The van der Waals surface area contributed by atoms with Crippen molar-refractivity contribution in [3.63, 3.8) is 0 Å². The van der Waals surface area contributed by atoms with E-state index in [0.717, 1.165) is 24.3 Å². The summed E-state index contributed by atoms with van der Waals surface area (Å²) < 4.78 is 31.0. The molecule has 27 heavy (non-hydrogen) atoms. The smallest absolute Gasteiger partial charge is 0.238 e. The van der Waals surface area contributed by atoms with Crippen LogP contribution >= 0.6 is 11.6 Å². The van der Waals surface area contributed by atoms with E-state index in [4.69, 9.17) is 21.5 Å². The first kappa shape index (κ1) is 19.4. The molecule has 142 valence electrons. The molecule has 0 atom stereocenters. The second-order valence-corrected chi connectivity index (χ2v) is 8.03. The molecule has 6 nitrogen and oxygen atoms in total. The van der Waals surface area contributed by atoms with Crippen LogP contribution in [-0.4, -0.2) is 24.6 Å². The van der Waals surface area contributed by atoms with Crippen molar-refractivity contribution >= 4 is 21.6 Å². The molecule has 3 aromatic rings. The maximum Gasteiger partial charge on any atom is 0.238 e. The number of hydrogen-bond acceptors (Lipinski definition) is 4. The van der Waals surface area contributed by atoms with Crippen molar-refractivity contribution in [1.29, 1.82) is 0 Å². The molecule has 0 fully saturated rings. The van der Waals surface area contributed by atoms with Crippen LogP contribution < -0.4 is 9.88 Å². The average Bonchev–Trinajstić information content (AvgIpc) is 3.15. The lowest BCUT2D eigenvalue weighted by atomic mass is 10.1. The molecule has 0 aliphatic carbocycles. The standard InChI is InChI=1S/C19H20ClN3O3S/c20-16-4-9-19(27(21,24)25)15(13-16)3-1-2-12-26-18-7-5-17(6-8-18)23-11-10-22-14-23/h4-11,13-14H,1-3,12H2,(H2,21,24,25). The molecule has 0 amide bonds. The van der Waals surface area contributed by atoms with Crippen molar-refractivity contribution in [3.8, 4) is 11.4 Å². The minimum atomic E-state index is -3.76. The number of hydrogen-bond donors (Lipinski definition) is 1. The van der Waals surface area contributed by atoms with Gasteiger partial charge in [0.2, 0.25) is 10.0 Å². The lowest BCUT2D eigenvalue weighted by Crippen LogP contribution is -2.14. The van der Waals surface area contributed by atoms with Crippen LogP contribution in [0.1, 0.15) is 18.4 Å². The van der Waals surface area contributed by atoms with E-state index < -0.39 is 10.0 Å². The van der Waals surface area contributed by atoms with Crippen LogP contribution in [0.25, 0.3) is 5.69 Å². The van der Waals surface area contributed by atoms with Crippen LogP contribution in [0.15, 0.2) is 66.1 Å². The summed E-state index contributed by atoms with van der Waals surface area (Å²) in [6.07, 6.45) is 7.44. The van der Waals surface area contributed by atoms with Crippen LogP contribution in [0.4, 0.5) is 0 Å². The summed E-state index contributed by atoms with van der Waals surface area (Å²) in [6.45, 7) is 0.537. The van der Waals surface area contributed by atoms with Crippen LogP contribution in [0.3, 0.4) is 0 Å². The van der Waals surface area contributed by atoms with Gasteiger partial charge in [0.25, 0.3) is 0 Å². The number of unbranched alkanes of at least 4 members (excludes halogenated alkanes) is 1. The van der Waals surface area contributed by atoms with Gasteiger partial charge in [-0.3, -0.25) is 0 Å². The van der Waals surface area contributed by atoms with Gasteiger partial charge in [0, 0.05) is 23.1 Å². The summed E-state index contributed by atoms with van der Waals surface area (Å²) in [5, 5.41) is 5.75. The van der Waals surface area contributed by atoms with Gasteiger partial charge in [-0.25, -0.2) is 18.5 Å². The Morgan fingerprint density at radius 2 is 1.89 bits per heavy atom. The fraction of sp³-hybridized carbons (Fsp3) is 0.211. The van der Waals surface area contributed by atoms with Crippen LogP contribution in [0.5, 0.6) is 5.75 Å². The highest BCUT2D eigenvalue weighted by atomic mass is 35.5. The van der Waals surface area contributed by atoms with Gasteiger partial charge < -0.3 is 9.30 Å². The largest absolute Gasteiger partial charge is 0.494 e. The van der Waals surface area contributed by atoms with Crippen molar-refractivity contribution in [2.24, 2.45) is 5.14 Å². The Labute approximate surface area is 163 Å². The summed E-state index contributed by atoms with van der Waals surface area (Å²) in [5.74, 6) is 0.784. The molecule has 0 bridgehead atoms. The van der Waals surface area contributed by atoms with Crippen LogP contribution in [0.2, 0.25) is 5.02 Å². The van der Waals surface area contributed by atoms with E-state index in [0.29, 0.717) is 23.6 Å². The highest BCUT2D eigenvalue weighted by molar-refractivity contribution is 7.89. The quantitative estimate of drug-likeness (QED) is 0.580. The number of nitrogens with zero attached hydrogens (tertiary/aromatic N) is 2. The zero-order chi connectivity index (χ0) is 19.3. The molecule has 0 saturated carbocycles. The average molecular weight is 406 g/mol. The highest BCUT2D eigenvalue weighted by Gasteiger charge is 2.13. The minimum absolute atomic E-state index is 0.128. The Kier molecular flexibility index (Phi) is 6.15. The number of ether oxygens (including phenoxy) is 1. The second-order valence-electron chi connectivity index (χ2n) is 6.07. The first-order chi connectivity index (χ1) is 12.9. The van der Waals surface area contributed by atoms with Crippen molar-refractivity contribution in [3.05, 3.63) is 71.8 Å². The molecular weight excluding hydrogens is 386 g/mol. The first-order valence-electron chi connectivity index (χ1n) is 8.46. The zero-order valence-corrected chi connectivity index (χ0v) is 16.2. The van der Waals surface area contributed by atoms with Crippen LogP contribution in [0, 0.1) is 0 Å². The molecule has 0 aliphatic heterocycles. The molecule has 0 radical (unpaired) electrons. The number of nitrogens with two attached hydrogens (primary N) is 1. The van der Waals surface area contributed by atoms with E-state index in [9.17, 15) is 8.42 Å². The van der Waals surface area contributed by atoms with E-state index in [2.05, 4.69) is 4.98 Å². The SMILES string of the molecule is NS(=O)(=O)c1ccc(Cl)cc1CCCCOc1ccc(-n2ccnc2)cc1. The second kappa shape index (κ2) is 8.56. The van der Waals surface area contributed by atoms with Gasteiger partial charge in [-0.1, -0.05) is 11.6 Å². The number of benzene rings is 2. The Morgan fingerprint density at radius 3 is 2.56 bits per heavy atom. The highest BCUT2D eigenvalue weighted by Crippen LogP contribution is 2.21. The topological polar surface area (TPSA) is 87.2 Å². The van der Waals surface area contributed by atoms with Crippen LogP contribution in [-0.2, 0) is 16.4 Å². The van der Waals surface area contributed by atoms with Crippen molar-refractivity contribution < 1.29 is 13.2 Å². The summed E-state index contributed by atoms with van der Waals surface area (Å²) >= 11 is 5.97. The van der Waals surface area contributed by atoms with Crippen molar-refractivity contribution in [2.45, 2.75) is 24.2 Å². The predicted octanol–water partition coefficient (Wildman–Crippen LogP) is 3.57. The summed E-state index contributed by atoms with van der Waals surface area (Å²) in [7, 11) is -3.76. The molecule has 0 spiro atoms. The molecule has 2 N–H and O–H groups in total. The van der Waals surface area contributed by atoms with E-state index in [1.54, 1.807) is 18.6 Å². The predicted molar refractivity (Wildman–Crippen MR) is 105 cm³/mol. The minimum Gasteiger partial charge on any atom is -0.494 e. The monoisotopic (exact) mass is 405 g/mol. The molecule has 8 heteroatoms. The molecule has 0 unspecified atom stereocenters. The maximum absolute atomic E-state index is 11.7. The number of aryl methyl sites for hydroxylation is 1. The normalized spacial score (nSPS) is 11.5. The molecule has 1 aromatic heterocycles. The molecule has 0 saturated heterocycles. The van der Waals surface area contributed by atoms with Gasteiger partial charge in [0.15, 0.2) is 0 Å². The molecule has 1 heterocycles. The molecule has 2 aromatic carbocycles. The summed E-state index contributed by atoms with van der Waals surface area (Å²) in [6, 6.07) is 12.4. The van der Waals surface area contributed by atoms with Gasteiger partial charge in [-0.2, -0.15) is 0 Å². The number of aromatic nitrogens is 2. The van der Waals surface area contributed by atoms with Gasteiger partial charge in [-0.15, -0.1) is 0 Å². The van der Waals surface area contributed by atoms with Gasteiger partial charge in [0.1, 0.15) is 5.75 Å². The molecule has 0 aliphatic rings. The Morgan fingerprint density at radius 1 is 1.11 bits per heavy atom. The Hall–Kier alpha value is -2.35. The van der Waals surface area contributed by atoms with Crippen molar-refractivity contribution in [2.75, 3.05) is 6.61 Å². The third kappa shape index (κ3) is 5.32. The van der Waals surface area contributed by atoms with Gasteiger partial charge in [0.05, 0.1) is 17.8 Å². The summed E-state index contributed by atoms with van der Waals surface area (Å²) in [5.41, 5.74) is 1.64. The zero-order valence-electron chi connectivity index (χ0n) is 14.6. The van der Waals surface area contributed by atoms with E-state index in [1.807, 2.05) is 35.0 Å². The van der Waals surface area contributed by atoms with E-state index in [-0.39, 0.29) is 4.90 Å². The lowest BCUT2D eigenvalue weighted by Gasteiger charge is -2.10. The Bertz CT molecular complexity index is 988. The number of primary sulfonamides is 1. The van der Waals surface area contributed by atoms with Gasteiger partial charge in [-0.05, 0) is 67.3 Å². The Balaban J connectivity index is 1.49. The number of imidazole rings is 1. The molecular formula is C19H20ClN3O3S. The number of rotatable bonds is 8. The van der Waals surface area contributed by atoms with Crippen molar-refractivity contribution in [1.82, 2.24) is 9.55 Å². The fourth-order valence-corrected chi connectivity index (χ4v) is 3.73. The fourth-order valence-electron chi connectivity index (χ4n) is 2.75. The molecule has 3 rings (SSSR count). The third-order valence-electron chi connectivity index (χ3n) is 4.08. The third-order valence-corrected chi connectivity index (χ3v) is 5.32. The maximum atomic E-state index is 11.7. The van der Waals surface area contributed by atoms with Gasteiger partial charge >= 0.3 is 0 Å². The van der Waals surface area contributed by atoms with E-state index in [1.165, 1.54) is 12.1 Å². The lowest BCUT2D eigenvalue weighted by molar-refractivity contribution is 0.307.